The number of rotatable bonds is 70. The highest BCUT2D eigenvalue weighted by Gasteiger charge is 2.29. The van der Waals surface area contributed by atoms with Gasteiger partial charge in [0.1, 0.15) is 25.4 Å². The predicted octanol–water partition coefficient (Wildman–Crippen LogP) is 21.9. The number of aliphatic hydroxyl groups is 2. The molecule has 0 aliphatic carbocycles. The van der Waals surface area contributed by atoms with Crippen molar-refractivity contribution in [3.63, 3.8) is 0 Å². The molecule has 0 bridgehead atoms. The maximum absolute atomic E-state index is 13.0. The molecule has 0 spiro atoms. The van der Waals surface area contributed by atoms with Crippen molar-refractivity contribution in [1.82, 2.24) is 0 Å². The number of carbonyl (C=O) groups excluding carboxylic acids is 3. The Morgan fingerprint density at radius 1 is 0.293 bits per heavy atom. The van der Waals surface area contributed by atoms with Gasteiger partial charge in [0, 0.05) is 19.3 Å². The standard InChI is InChI=1S/C81H134O16P2/c1-4-7-10-13-16-19-22-25-28-31-34-35-36-37-38-39-42-44-46-49-52-55-58-61-64-67-79(84)91-70-76(82)71-93-98(87,88)94-72-77(83)73-95-99(89,90)96-75-78(97-81(86)69-66-63-60-57-54-51-48-45-41-33-30-27-24-21-18-15-12-9-6-3)74-92-80(85)68-65-62-59-56-53-50-47-43-40-32-29-26-23-20-17-14-11-8-5-2/h8,11,16-21,25-30,34-35,37-38,40-41,43,45,50,53,59,62,76-78,82-83H,4-7,9-10,12-15,22-24,31-33,36,39,42,44,46-49,51-52,54-58,60-61,63-75H2,1-3H3,(H,87,88)(H,89,90)/b11-8-,19-16-,20-17-,21-18-,28-25-,29-26-,30-27-,35-34-,38-37-,43-40-,45-41-,53-50-,62-59-. The normalized spacial score (nSPS) is 14.9. The quantitative estimate of drug-likeness (QED) is 0.0146. The average molecular weight is 1430 g/mol. The summed E-state index contributed by atoms with van der Waals surface area (Å²) in [5, 5.41) is 20.6. The van der Waals surface area contributed by atoms with E-state index in [0.29, 0.717) is 25.7 Å². The van der Waals surface area contributed by atoms with Gasteiger partial charge >= 0.3 is 33.6 Å². The summed E-state index contributed by atoms with van der Waals surface area (Å²) >= 11 is 0. The summed E-state index contributed by atoms with van der Waals surface area (Å²) in [6.07, 6.45) is 90.1. The minimum atomic E-state index is -4.96. The Bertz CT molecular complexity index is 2430. The predicted molar refractivity (Wildman–Crippen MR) is 408 cm³/mol. The van der Waals surface area contributed by atoms with Gasteiger partial charge in [-0.1, -0.05) is 275 Å². The first-order chi connectivity index (χ1) is 48.2. The second-order valence-corrected chi connectivity index (χ2v) is 27.6. The van der Waals surface area contributed by atoms with Crippen molar-refractivity contribution >= 4 is 33.6 Å². The van der Waals surface area contributed by atoms with Gasteiger partial charge in [-0.3, -0.25) is 32.5 Å². The van der Waals surface area contributed by atoms with E-state index in [4.69, 9.17) is 32.3 Å². The fraction of sp³-hybridized carbons (Fsp3) is 0.642. The van der Waals surface area contributed by atoms with E-state index in [1.54, 1.807) is 0 Å². The zero-order valence-electron chi connectivity index (χ0n) is 61.4. The monoisotopic (exact) mass is 1420 g/mol. The molecule has 0 fully saturated rings. The molecule has 0 saturated carbocycles. The van der Waals surface area contributed by atoms with Crippen molar-refractivity contribution in [2.24, 2.45) is 0 Å². The lowest BCUT2D eigenvalue weighted by atomic mass is 10.1. The highest BCUT2D eigenvalue weighted by molar-refractivity contribution is 7.47. The molecule has 0 rings (SSSR count). The summed E-state index contributed by atoms with van der Waals surface area (Å²) in [4.78, 5) is 58.6. The lowest BCUT2D eigenvalue weighted by Gasteiger charge is -2.21. The van der Waals surface area contributed by atoms with Crippen LogP contribution in [0.1, 0.15) is 278 Å². The fourth-order valence-electron chi connectivity index (χ4n) is 9.47. The number of carbonyl (C=O) groups is 3. The highest BCUT2D eigenvalue weighted by atomic mass is 31.2. The third-order valence-corrected chi connectivity index (χ3v) is 17.1. The molecule has 0 aromatic heterocycles. The number of hydrogen-bond acceptors (Lipinski definition) is 14. The first kappa shape index (κ1) is 94.2. The number of unbranched alkanes of at least 4 members (excludes halogenated alkanes) is 21. The topological polar surface area (TPSA) is 231 Å². The van der Waals surface area contributed by atoms with Gasteiger partial charge < -0.3 is 34.2 Å². The molecule has 0 radical (unpaired) electrons. The Kier molecular flexibility index (Phi) is 69.4. The first-order valence-electron chi connectivity index (χ1n) is 37.8. The number of allylic oxidation sites excluding steroid dienone is 26. The van der Waals surface area contributed by atoms with E-state index in [0.717, 1.165) is 141 Å². The average Bonchev–Trinajstić information content (AvgIpc) is 2.97. The number of aliphatic hydroxyl groups excluding tert-OH is 2. The van der Waals surface area contributed by atoms with Gasteiger partial charge in [0.25, 0.3) is 0 Å². The number of phosphoric ester groups is 2. The summed E-state index contributed by atoms with van der Waals surface area (Å²) in [7, 11) is -9.83. The third kappa shape index (κ3) is 74.2. The zero-order valence-corrected chi connectivity index (χ0v) is 63.1. The maximum atomic E-state index is 13.0. The molecule has 99 heavy (non-hydrogen) atoms. The molecule has 0 aliphatic heterocycles. The Hall–Kier alpha value is -4.83. The number of esters is 3. The number of ether oxygens (including phenoxy) is 3. The summed E-state index contributed by atoms with van der Waals surface area (Å²) in [6.45, 7) is 2.38. The van der Waals surface area contributed by atoms with E-state index in [1.807, 2.05) is 18.2 Å². The fourth-order valence-corrected chi connectivity index (χ4v) is 11.1. The summed E-state index contributed by atoms with van der Waals surface area (Å²) in [5.74, 6) is -1.70. The van der Waals surface area contributed by atoms with Crippen LogP contribution in [0.15, 0.2) is 158 Å². The molecular weight excluding hydrogens is 1290 g/mol. The van der Waals surface area contributed by atoms with Crippen LogP contribution in [-0.4, -0.2) is 95.9 Å². The van der Waals surface area contributed by atoms with Gasteiger partial charge in [-0.2, -0.15) is 0 Å². The molecule has 18 heteroatoms. The number of hydrogen-bond donors (Lipinski definition) is 4. The van der Waals surface area contributed by atoms with Gasteiger partial charge in [0.05, 0.1) is 26.4 Å². The Balaban J connectivity index is 4.72. The van der Waals surface area contributed by atoms with Crippen molar-refractivity contribution in [3.05, 3.63) is 158 Å². The van der Waals surface area contributed by atoms with Crippen LogP contribution < -0.4 is 0 Å². The van der Waals surface area contributed by atoms with E-state index in [1.165, 1.54) is 70.6 Å². The first-order valence-corrected chi connectivity index (χ1v) is 40.8. The van der Waals surface area contributed by atoms with E-state index in [-0.39, 0.29) is 19.3 Å². The maximum Gasteiger partial charge on any atom is 0.472 e. The van der Waals surface area contributed by atoms with Gasteiger partial charge in [-0.25, -0.2) is 9.13 Å². The molecule has 5 unspecified atom stereocenters. The highest BCUT2D eigenvalue weighted by Crippen LogP contribution is 2.45. The Labute approximate surface area is 600 Å². The van der Waals surface area contributed by atoms with Crippen molar-refractivity contribution in [2.75, 3.05) is 39.6 Å². The van der Waals surface area contributed by atoms with E-state index >= 15 is 0 Å². The second kappa shape index (κ2) is 72.9. The summed E-state index contributed by atoms with van der Waals surface area (Å²) < 4.78 is 61.0. The molecule has 4 N–H and O–H groups in total. The minimum Gasteiger partial charge on any atom is -0.463 e. The van der Waals surface area contributed by atoms with Crippen LogP contribution in [0.25, 0.3) is 0 Å². The summed E-state index contributed by atoms with van der Waals surface area (Å²) in [6, 6.07) is 0. The van der Waals surface area contributed by atoms with E-state index < -0.39 is 91.5 Å². The molecule has 564 valence electrons. The largest absolute Gasteiger partial charge is 0.472 e. The smallest absolute Gasteiger partial charge is 0.463 e. The van der Waals surface area contributed by atoms with Gasteiger partial charge in [-0.05, 0) is 141 Å². The van der Waals surface area contributed by atoms with Crippen LogP contribution in [0.4, 0.5) is 0 Å². The lowest BCUT2D eigenvalue weighted by Crippen LogP contribution is -2.30. The molecule has 16 nitrogen and oxygen atoms in total. The van der Waals surface area contributed by atoms with Gasteiger partial charge in [0.15, 0.2) is 6.10 Å². The molecule has 5 atom stereocenters. The SMILES string of the molecule is CC/C=C\C/C=C\C/C=C\C/C=C\C/C=C\C/C=C\CCC(=O)OCC(COP(=O)(O)OCC(O)COP(=O)(O)OCC(O)COC(=O)CCCCCCCCCCC/C=C\C/C=C\C/C=C\C/C=C\CCCCC)OC(=O)CCCCCCCC/C=C\C/C=C\C/C=C\CCCCC. The van der Waals surface area contributed by atoms with Crippen molar-refractivity contribution in [1.29, 1.82) is 0 Å². The van der Waals surface area contributed by atoms with Crippen LogP contribution >= 0.6 is 15.6 Å². The van der Waals surface area contributed by atoms with Crippen LogP contribution in [0.2, 0.25) is 0 Å². The molecule has 0 heterocycles. The molecule has 0 aliphatic rings. The van der Waals surface area contributed by atoms with Gasteiger partial charge in [0.2, 0.25) is 0 Å². The van der Waals surface area contributed by atoms with Crippen molar-refractivity contribution < 1.29 is 75.8 Å². The zero-order chi connectivity index (χ0) is 72.3. The van der Waals surface area contributed by atoms with Gasteiger partial charge in [-0.15, -0.1) is 0 Å². The van der Waals surface area contributed by atoms with E-state index in [2.05, 4.69) is 161 Å². The van der Waals surface area contributed by atoms with Crippen LogP contribution in [0.5, 0.6) is 0 Å². The molecule has 0 aromatic rings. The third-order valence-electron chi connectivity index (χ3n) is 15.2. The molecular formula is C81H134O16P2. The lowest BCUT2D eigenvalue weighted by molar-refractivity contribution is -0.161. The second-order valence-electron chi connectivity index (χ2n) is 24.7. The van der Waals surface area contributed by atoms with Crippen LogP contribution in [0.3, 0.4) is 0 Å². The molecule has 0 amide bonds. The van der Waals surface area contributed by atoms with Crippen LogP contribution in [0, 0.1) is 0 Å². The summed E-state index contributed by atoms with van der Waals surface area (Å²) in [5.41, 5.74) is 0. The number of phosphoric acid groups is 2. The Morgan fingerprint density at radius 3 is 0.909 bits per heavy atom. The van der Waals surface area contributed by atoms with Crippen LogP contribution in [-0.2, 0) is 55.8 Å². The van der Waals surface area contributed by atoms with E-state index in [9.17, 15) is 43.5 Å². The van der Waals surface area contributed by atoms with Crippen molar-refractivity contribution in [2.45, 2.75) is 296 Å². The molecule has 0 saturated heterocycles. The minimum absolute atomic E-state index is 0.0365. The molecule has 0 aromatic carbocycles. The van der Waals surface area contributed by atoms with Crippen molar-refractivity contribution in [3.8, 4) is 0 Å². The Morgan fingerprint density at radius 2 is 0.556 bits per heavy atom.